The lowest BCUT2D eigenvalue weighted by Gasteiger charge is -2.01. The zero-order valence-electron chi connectivity index (χ0n) is 5.74. The minimum Gasteiger partial charge on any atom is -0.122 e. The molecule has 48 valence electrons. The standard InChI is InChI=1S/C7H13Cl/c1-6(2)7(3)4-5-8/h4,6H,5H2,1-3H3/b7-4+. The maximum Gasteiger partial charge on any atom is 0.0406 e. The van der Waals surface area contributed by atoms with Crippen LogP contribution in [0.25, 0.3) is 0 Å². The van der Waals surface area contributed by atoms with E-state index in [0.717, 1.165) is 0 Å². The van der Waals surface area contributed by atoms with Crippen molar-refractivity contribution in [2.24, 2.45) is 5.92 Å². The smallest absolute Gasteiger partial charge is 0.0406 e. The van der Waals surface area contributed by atoms with E-state index in [9.17, 15) is 0 Å². The molecular weight excluding hydrogens is 120 g/mol. The molecule has 1 heteroatoms. The maximum atomic E-state index is 5.46. The number of hydrogen-bond acceptors (Lipinski definition) is 0. The summed E-state index contributed by atoms with van der Waals surface area (Å²) in [5, 5.41) is 0. The maximum absolute atomic E-state index is 5.46. The number of rotatable bonds is 2. The van der Waals surface area contributed by atoms with Crippen LogP contribution in [0.4, 0.5) is 0 Å². The molecule has 0 rings (SSSR count). The van der Waals surface area contributed by atoms with E-state index in [4.69, 9.17) is 11.6 Å². The molecule has 0 nitrogen and oxygen atoms in total. The molecule has 0 spiro atoms. The van der Waals surface area contributed by atoms with Gasteiger partial charge in [0.25, 0.3) is 0 Å². The molecule has 0 unspecified atom stereocenters. The highest BCUT2D eigenvalue weighted by Crippen LogP contribution is 2.06. The Labute approximate surface area is 56.5 Å². The minimum absolute atomic E-state index is 0.643. The van der Waals surface area contributed by atoms with E-state index in [1.54, 1.807) is 0 Å². The second-order valence-corrected chi connectivity index (χ2v) is 2.57. The number of alkyl halides is 1. The molecule has 0 aliphatic carbocycles. The van der Waals surface area contributed by atoms with Gasteiger partial charge in [-0.15, -0.1) is 11.6 Å². The molecule has 0 saturated carbocycles. The topological polar surface area (TPSA) is 0 Å². The Balaban J connectivity index is 3.61. The lowest BCUT2D eigenvalue weighted by Crippen LogP contribution is -1.87. The van der Waals surface area contributed by atoms with E-state index in [1.165, 1.54) is 5.57 Å². The number of halogens is 1. The zero-order chi connectivity index (χ0) is 6.57. The monoisotopic (exact) mass is 132 g/mol. The molecule has 0 saturated heterocycles. The van der Waals surface area contributed by atoms with Gasteiger partial charge in [0, 0.05) is 5.88 Å². The number of allylic oxidation sites excluding steroid dienone is 2. The molecule has 0 bridgehead atoms. The van der Waals surface area contributed by atoms with Crippen LogP contribution in [0.3, 0.4) is 0 Å². The van der Waals surface area contributed by atoms with Crippen molar-refractivity contribution < 1.29 is 0 Å². The fraction of sp³-hybridized carbons (Fsp3) is 0.714. The van der Waals surface area contributed by atoms with Crippen LogP contribution >= 0.6 is 11.6 Å². The Morgan fingerprint density at radius 2 is 2.12 bits per heavy atom. The molecule has 0 N–H and O–H groups in total. The second kappa shape index (κ2) is 3.96. The van der Waals surface area contributed by atoms with Crippen LogP contribution in [0, 0.1) is 5.92 Å². The van der Waals surface area contributed by atoms with Crippen LogP contribution in [0.1, 0.15) is 20.8 Å². The van der Waals surface area contributed by atoms with Gasteiger partial charge in [-0.2, -0.15) is 0 Å². The second-order valence-electron chi connectivity index (χ2n) is 2.26. The molecule has 0 aliphatic rings. The van der Waals surface area contributed by atoms with Gasteiger partial charge in [-0.25, -0.2) is 0 Å². The van der Waals surface area contributed by atoms with Crippen molar-refractivity contribution in [2.45, 2.75) is 20.8 Å². The van der Waals surface area contributed by atoms with Gasteiger partial charge in [-0.1, -0.05) is 25.5 Å². The molecule has 0 aromatic rings. The normalized spacial score (nSPS) is 12.9. The lowest BCUT2D eigenvalue weighted by atomic mass is 10.1. The summed E-state index contributed by atoms with van der Waals surface area (Å²) in [6, 6.07) is 0. The Morgan fingerprint density at radius 3 is 2.25 bits per heavy atom. The van der Waals surface area contributed by atoms with Gasteiger partial charge in [0.1, 0.15) is 0 Å². The van der Waals surface area contributed by atoms with E-state index in [-0.39, 0.29) is 0 Å². The van der Waals surface area contributed by atoms with Crippen LogP contribution in [0.15, 0.2) is 11.6 Å². The van der Waals surface area contributed by atoms with Crippen molar-refractivity contribution in [2.75, 3.05) is 5.88 Å². The molecule has 8 heavy (non-hydrogen) atoms. The minimum atomic E-state index is 0.643. The molecule has 0 fully saturated rings. The highest BCUT2D eigenvalue weighted by atomic mass is 35.5. The molecule has 0 amide bonds. The predicted octanol–water partition coefficient (Wildman–Crippen LogP) is 2.83. The summed E-state index contributed by atoms with van der Waals surface area (Å²) in [6.07, 6.45) is 2.05. The fourth-order valence-corrected chi connectivity index (χ4v) is 0.601. The van der Waals surface area contributed by atoms with Crippen molar-refractivity contribution in [1.29, 1.82) is 0 Å². The van der Waals surface area contributed by atoms with Gasteiger partial charge >= 0.3 is 0 Å². The SMILES string of the molecule is C/C(=C\CCl)C(C)C. The Kier molecular flexibility index (Phi) is 3.98. The molecule has 0 atom stereocenters. The van der Waals surface area contributed by atoms with E-state index < -0.39 is 0 Å². The lowest BCUT2D eigenvalue weighted by molar-refractivity contribution is 0.767. The first kappa shape index (κ1) is 8.03. The first-order chi connectivity index (χ1) is 3.68. The fourth-order valence-electron chi connectivity index (χ4n) is 0.357. The summed E-state index contributed by atoms with van der Waals surface area (Å²) in [6.45, 7) is 6.43. The van der Waals surface area contributed by atoms with Crippen molar-refractivity contribution in [3.63, 3.8) is 0 Å². The third kappa shape index (κ3) is 3.09. The van der Waals surface area contributed by atoms with E-state index in [2.05, 4.69) is 20.8 Å². The average molecular weight is 133 g/mol. The van der Waals surface area contributed by atoms with Gasteiger partial charge in [-0.3, -0.25) is 0 Å². The highest BCUT2D eigenvalue weighted by Gasteiger charge is 1.92. The first-order valence-corrected chi connectivity index (χ1v) is 3.44. The Bertz CT molecular complexity index is 82.4. The van der Waals surface area contributed by atoms with Crippen molar-refractivity contribution in [3.05, 3.63) is 11.6 Å². The van der Waals surface area contributed by atoms with Crippen LogP contribution in [-0.2, 0) is 0 Å². The Morgan fingerprint density at radius 1 is 1.62 bits per heavy atom. The summed E-state index contributed by atoms with van der Waals surface area (Å²) < 4.78 is 0. The van der Waals surface area contributed by atoms with E-state index >= 15 is 0 Å². The molecule has 0 radical (unpaired) electrons. The number of hydrogen-bond donors (Lipinski definition) is 0. The molecule has 0 aromatic heterocycles. The first-order valence-electron chi connectivity index (χ1n) is 2.91. The summed E-state index contributed by atoms with van der Waals surface area (Å²) >= 11 is 5.46. The van der Waals surface area contributed by atoms with Gasteiger partial charge in [0.15, 0.2) is 0 Å². The van der Waals surface area contributed by atoms with Crippen molar-refractivity contribution in [1.82, 2.24) is 0 Å². The van der Waals surface area contributed by atoms with Crippen LogP contribution in [0.2, 0.25) is 0 Å². The largest absolute Gasteiger partial charge is 0.122 e. The summed E-state index contributed by atoms with van der Waals surface area (Å²) in [4.78, 5) is 0. The van der Waals surface area contributed by atoms with Crippen molar-refractivity contribution >= 4 is 11.6 Å². The third-order valence-corrected chi connectivity index (χ3v) is 1.46. The predicted molar refractivity (Wildman–Crippen MR) is 39.3 cm³/mol. The van der Waals surface area contributed by atoms with Crippen molar-refractivity contribution in [3.8, 4) is 0 Å². The van der Waals surface area contributed by atoms with Crippen LogP contribution in [-0.4, -0.2) is 5.88 Å². The summed E-state index contributed by atoms with van der Waals surface area (Å²) in [5.74, 6) is 1.29. The average Bonchev–Trinajstić information content (AvgIpc) is 1.67. The summed E-state index contributed by atoms with van der Waals surface area (Å²) in [5.41, 5.74) is 1.38. The third-order valence-electron chi connectivity index (χ3n) is 1.31. The molecule has 0 heterocycles. The highest BCUT2D eigenvalue weighted by molar-refractivity contribution is 6.18. The molecule has 0 aliphatic heterocycles. The van der Waals surface area contributed by atoms with Crippen LogP contribution in [0.5, 0.6) is 0 Å². The Hall–Kier alpha value is 0.0300. The quantitative estimate of drug-likeness (QED) is 0.401. The molecule has 0 aromatic carbocycles. The van der Waals surface area contributed by atoms with E-state index in [1.807, 2.05) is 6.08 Å². The summed E-state index contributed by atoms with van der Waals surface area (Å²) in [7, 11) is 0. The molecular formula is C7H13Cl. The zero-order valence-corrected chi connectivity index (χ0v) is 6.50. The van der Waals surface area contributed by atoms with E-state index in [0.29, 0.717) is 11.8 Å². The van der Waals surface area contributed by atoms with Gasteiger partial charge in [0.05, 0.1) is 0 Å². The van der Waals surface area contributed by atoms with Gasteiger partial charge < -0.3 is 0 Å². The van der Waals surface area contributed by atoms with Gasteiger partial charge in [0.2, 0.25) is 0 Å². The van der Waals surface area contributed by atoms with Gasteiger partial charge in [-0.05, 0) is 12.8 Å². The van der Waals surface area contributed by atoms with Crippen LogP contribution < -0.4 is 0 Å².